The van der Waals surface area contributed by atoms with Crippen LogP contribution in [0.1, 0.15) is 44.6 Å². The third-order valence-electron chi connectivity index (χ3n) is 6.63. The van der Waals surface area contributed by atoms with Crippen molar-refractivity contribution in [3.05, 3.63) is 70.9 Å². The smallest absolute Gasteiger partial charge is 0.340 e. The number of nitrogens with one attached hydrogen (secondary N) is 1. The predicted molar refractivity (Wildman–Crippen MR) is 140 cm³/mol. The van der Waals surface area contributed by atoms with E-state index in [4.69, 9.17) is 14.2 Å². The van der Waals surface area contributed by atoms with Crippen LogP contribution in [0.2, 0.25) is 0 Å². The lowest BCUT2D eigenvalue weighted by molar-refractivity contribution is -0.136. The number of hydrogen-bond acceptors (Lipinski definition) is 6. The summed E-state index contributed by atoms with van der Waals surface area (Å²) in [4.78, 5) is 39.8. The zero-order valence-corrected chi connectivity index (χ0v) is 21.4. The van der Waals surface area contributed by atoms with Crippen LogP contribution in [0.15, 0.2) is 65.4 Å². The van der Waals surface area contributed by atoms with Crippen LogP contribution in [-0.4, -0.2) is 44.7 Å². The van der Waals surface area contributed by atoms with E-state index in [9.17, 15) is 14.4 Å². The summed E-state index contributed by atoms with van der Waals surface area (Å²) < 4.78 is 15.9. The van der Waals surface area contributed by atoms with Crippen molar-refractivity contribution in [2.45, 2.75) is 45.1 Å². The van der Waals surface area contributed by atoms with Crippen LogP contribution >= 0.6 is 0 Å². The van der Waals surface area contributed by atoms with Crippen LogP contribution in [0.5, 0.6) is 11.5 Å². The summed E-state index contributed by atoms with van der Waals surface area (Å²) in [7, 11) is 2.84. The SMILES string of the molecule is COC(=O)C1=C(C)N(c2cccc(OC)c2)C(=O)/C1=C\c1ccc(OCC(=O)NC2CCCCC2)cc1. The number of methoxy groups -OCH3 is 2. The van der Waals surface area contributed by atoms with Gasteiger partial charge in [0.05, 0.1) is 31.1 Å². The van der Waals surface area contributed by atoms with Crippen molar-refractivity contribution < 1.29 is 28.6 Å². The van der Waals surface area contributed by atoms with Gasteiger partial charge in [-0.05, 0) is 55.7 Å². The minimum Gasteiger partial charge on any atom is -0.497 e. The van der Waals surface area contributed by atoms with E-state index in [0.717, 1.165) is 25.7 Å². The maximum absolute atomic E-state index is 13.5. The lowest BCUT2D eigenvalue weighted by Crippen LogP contribution is -2.38. The van der Waals surface area contributed by atoms with E-state index in [1.807, 2.05) is 0 Å². The molecule has 0 atom stereocenters. The van der Waals surface area contributed by atoms with Gasteiger partial charge in [-0.25, -0.2) is 4.79 Å². The molecule has 2 aliphatic rings. The summed E-state index contributed by atoms with van der Waals surface area (Å²) in [5.41, 5.74) is 2.19. The average Bonchev–Trinajstić information content (AvgIpc) is 3.17. The summed E-state index contributed by atoms with van der Waals surface area (Å²) in [5.74, 6) is 0.0719. The topological polar surface area (TPSA) is 94.2 Å². The van der Waals surface area contributed by atoms with E-state index in [2.05, 4.69) is 5.32 Å². The molecule has 0 spiro atoms. The molecule has 0 unspecified atom stereocenters. The summed E-state index contributed by atoms with van der Waals surface area (Å²) in [6, 6.07) is 14.3. The van der Waals surface area contributed by atoms with Gasteiger partial charge in [-0.2, -0.15) is 0 Å². The van der Waals surface area contributed by atoms with Crippen LogP contribution in [0, 0.1) is 0 Å². The minimum absolute atomic E-state index is 0.0562. The fourth-order valence-corrected chi connectivity index (χ4v) is 4.73. The van der Waals surface area contributed by atoms with Gasteiger partial charge in [-0.15, -0.1) is 0 Å². The van der Waals surface area contributed by atoms with E-state index in [1.165, 1.54) is 18.4 Å². The maximum Gasteiger partial charge on any atom is 0.340 e. The second-order valence-corrected chi connectivity index (χ2v) is 9.11. The van der Waals surface area contributed by atoms with Crippen LogP contribution < -0.4 is 19.7 Å². The zero-order chi connectivity index (χ0) is 26.4. The molecule has 8 heteroatoms. The Morgan fingerprint density at radius 2 is 1.76 bits per heavy atom. The quantitative estimate of drug-likeness (QED) is 0.423. The van der Waals surface area contributed by atoms with Crippen LogP contribution in [0.3, 0.4) is 0 Å². The lowest BCUT2D eigenvalue weighted by atomic mass is 9.95. The monoisotopic (exact) mass is 504 g/mol. The van der Waals surface area contributed by atoms with Gasteiger partial charge >= 0.3 is 5.97 Å². The van der Waals surface area contributed by atoms with Gasteiger partial charge in [-0.1, -0.05) is 37.5 Å². The number of ether oxygens (including phenoxy) is 3. The van der Waals surface area contributed by atoms with Crippen molar-refractivity contribution in [1.82, 2.24) is 5.32 Å². The molecule has 2 aromatic rings. The van der Waals surface area contributed by atoms with Crippen LogP contribution in [0.4, 0.5) is 5.69 Å². The summed E-state index contributed by atoms with van der Waals surface area (Å²) in [6.07, 6.45) is 7.21. The minimum atomic E-state index is -0.591. The first-order valence-corrected chi connectivity index (χ1v) is 12.4. The molecule has 0 aromatic heterocycles. The molecule has 1 fully saturated rings. The summed E-state index contributed by atoms with van der Waals surface area (Å²) in [6.45, 7) is 1.65. The van der Waals surface area contributed by atoms with Gasteiger partial charge in [-0.3, -0.25) is 14.5 Å². The van der Waals surface area contributed by atoms with Gasteiger partial charge in [0.15, 0.2) is 6.61 Å². The number of carbonyl (C=O) groups is 3. The molecule has 194 valence electrons. The Morgan fingerprint density at radius 1 is 1.03 bits per heavy atom. The number of benzene rings is 2. The molecule has 1 aliphatic heterocycles. The number of esters is 1. The number of nitrogens with zero attached hydrogens (tertiary/aromatic N) is 1. The van der Waals surface area contributed by atoms with Crippen molar-refractivity contribution >= 4 is 29.5 Å². The highest BCUT2D eigenvalue weighted by Gasteiger charge is 2.38. The number of allylic oxidation sites excluding steroid dienone is 1. The first-order valence-electron chi connectivity index (χ1n) is 12.4. The predicted octanol–water partition coefficient (Wildman–Crippen LogP) is 4.40. The zero-order valence-electron chi connectivity index (χ0n) is 21.4. The van der Waals surface area contributed by atoms with E-state index < -0.39 is 5.97 Å². The molecule has 37 heavy (non-hydrogen) atoms. The van der Waals surface area contributed by atoms with Crippen molar-refractivity contribution in [1.29, 1.82) is 0 Å². The van der Waals surface area contributed by atoms with Gasteiger partial charge in [0.1, 0.15) is 11.5 Å². The highest BCUT2D eigenvalue weighted by atomic mass is 16.5. The fraction of sp³-hybridized carbons (Fsp3) is 0.345. The number of carbonyl (C=O) groups excluding carboxylic acids is 3. The van der Waals surface area contributed by atoms with E-state index in [0.29, 0.717) is 28.4 Å². The van der Waals surface area contributed by atoms with Crippen LogP contribution in [-0.2, 0) is 19.1 Å². The molecular formula is C29H32N2O6. The standard InChI is InChI=1S/C29H32N2O6/c1-19-27(29(34)36-3)25(28(33)31(19)22-10-7-11-24(17-22)35-2)16-20-12-14-23(15-13-20)37-18-26(32)30-21-8-5-4-6-9-21/h7,10-17,21H,4-6,8-9,18H2,1-3H3,(H,30,32)/b25-16-. The number of amides is 2. The molecule has 0 radical (unpaired) electrons. The van der Waals surface area contributed by atoms with Gasteiger partial charge in [0.2, 0.25) is 0 Å². The molecule has 0 bridgehead atoms. The first-order chi connectivity index (χ1) is 17.9. The molecule has 4 rings (SSSR count). The first kappa shape index (κ1) is 26.0. The third kappa shape index (κ3) is 6.02. The molecule has 0 saturated heterocycles. The Hall–Kier alpha value is -4.07. The normalized spacial score (nSPS) is 17.2. The fourth-order valence-electron chi connectivity index (χ4n) is 4.73. The lowest BCUT2D eigenvalue weighted by Gasteiger charge is -2.22. The Labute approximate surface area is 216 Å². The Morgan fingerprint density at radius 3 is 2.43 bits per heavy atom. The Balaban J connectivity index is 1.50. The van der Waals surface area contributed by atoms with E-state index in [1.54, 1.807) is 68.6 Å². The Bertz CT molecular complexity index is 1230. The number of rotatable bonds is 8. The van der Waals surface area contributed by atoms with Crippen molar-refractivity contribution in [2.75, 3.05) is 25.7 Å². The van der Waals surface area contributed by atoms with Gasteiger partial charge < -0.3 is 19.5 Å². The molecule has 8 nitrogen and oxygen atoms in total. The molecular weight excluding hydrogens is 472 g/mol. The second-order valence-electron chi connectivity index (χ2n) is 9.11. The summed E-state index contributed by atoms with van der Waals surface area (Å²) in [5, 5.41) is 3.03. The third-order valence-corrected chi connectivity index (χ3v) is 6.63. The molecule has 1 saturated carbocycles. The van der Waals surface area contributed by atoms with Crippen LogP contribution in [0.25, 0.3) is 6.08 Å². The second kappa shape index (κ2) is 11.8. The largest absolute Gasteiger partial charge is 0.497 e. The maximum atomic E-state index is 13.5. The van der Waals surface area contributed by atoms with Gasteiger partial charge in [0, 0.05) is 17.8 Å². The van der Waals surface area contributed by atoms with E-state index in [-0.39, 0.29) is 35.6 Å². The van der Waals surface area contributed by atoms with E-state index >= 15 is 0 Å². The number of anilines is 1. The summed E-state index contributed by atoms with van der Waals surface area (Å²) >= 11 is 0. The number of hydrogen-bond donors (Lipinski definition) is 1. The molecule has 2 aromatic carbocycles. The van der Waals surface area contributed by atoms with Crippen molar-refractivity contribution in [2.24, 2.45) is 0 Å². The Kier molecular flexibility index (Phi) is 8.28. The highest BCUT2D eigenvalue weighted by Crippen LogP contribution is 2.36. The molecule has 1 heterocycles. The molecule has 1 N–H and O–H groups in total. The van der Waals surface area contributed by atoms with Crippen molar-refractivity contribution in [3.63, 3.8) is 0 Å². The molecule has 2 amide bonds. The molecule has 1 aliphatic carbocycles. The average molecular weight is 505 g/mol. The highest BCUT2D eigenvalue weighted by molar-refractivity contribution is 6.23. The van der Waals surface area contributed by atoms with Crippen molar-refractivity contribution in [3.8, 4) is 11.5 Å². The van der Waals surface area contributed by atoms with Gasteiger partial charge in [0.25, 0.3) is 11.8 Å².